The Morgan fingerprint density at radius 1 is 0.625 bits per heavy atom. The molecular formula is C37H25NO2. The summed E-state index contributed by atoms with van der Waals surface area (Å²) < 4.78 is 15.0. The lowest BCUT2D eigenvalue weighted by Gasteiger charge is -2.29. The Labute approximate surface area is 230 Å². The van der Waals surface area contributed by atoms with Crippen LogP contribution < -0.4 is 0 Å². The molecule has 1 atom stereocenters. The summed E-state index contributed by atoms with van der Waals surface area (Å²) >= 11 is 0. The van der Waals surface area contributed by atoms with Gasteiger partial charge in [0.05, 0.1) is 16.7 Å². The Kier molecular flexibility index (Phi) is 4.25. The van der Waals surface area contributed by atoms with Crippen LogP contribution in [-0.2, 0) is 11.8 Å². The van der Waals surface area contributed by atoms with Crippen molar-refractivity contribution >= 4 is 60.8 Å². The fourth-order valence-electron chi connectivity index (χ4n) is 6.81. The van der Waals surface area contributed by atoms with E-state index in [1.54, 1.807) is 0 Å². The van der Waals surface area contributed by atoms with Crippen LogP contribution in [0.5, 0.6) is 0 Å². The lowest BCUT2D eigenvalue weighted by Crippen LogP contribution is -2.24. The molecule has 0 fully saturated rings. The maximum absolute atomic E-state index is 6.46. The van der Waals surface area contributed by atoms with Crippen molar-refractivity contribution in [2.75, 3.05) is 0 Å². The highest BCUT2D eigenvalue weighted by Gasteiger charge is 2.31. The first-order chi connectivity index (χ1) is 19.7. The minimum absolute atomic E-state index is 0.143. The molecule has 0 aliphatic heterocycles. The minimum Gasteiger partial charge on any atom is -0.456 e. The second kappa shape index (κ2) is 7.77. The summed E-state index contributed by atoms with van der Waals surface area (Å²) in [6.07, 6.45) is 5.38. The van der Waals surface area contributed by atoms with Crippen molar-refractivity contribution in [3.63, 3.8) is 0 Å². The monoisotopic (exact) mass is 515 g/mol. The van der Waals surface area contributed by atoms with Crippen molar-refractivity contribution < 1.29 is 8.83 Å². The number of fused-ring (bicyclic) bond motifs is 9. The molecule has 0 bridgehead atoms. The van der Waals surface area contributed by atoms with Crippen LogP contribution in [0.25, 0.3) is 66.5 Å². The summed E-state index contributed by atoms with van der Waals surface area (Å²) in [6.45, 7) is 2.34. The van der Waals surface area contributed by atoms with Gasteiger partial charge in [-0.1, -0.05) is 85.8 Å². The van der Waals surface area contributed by atoms with Gasteiger partial charge in [-0.2, -0.15) is 0 Å². The van der Waals surface area contributed by atoms with Crippen molar-refractivity contribution in [2.24, 2.45) is 0 Å². The SMILES string of the molecule is C[C@@]1(c2ccc3c(c2)c2ccccc2n3-c2cccc3c2oc2ccccc23)C=Cc2oc3ccccc3c2C1. The smallest absolute Gasteiger partial charge is 0.159 e. The third-order valence-electron chi connectivity index (χ3n) is 8.83. The first kappa shape index (κ1) is 21.9. The van der Waals surface area contributed by atoms with Crippen LogP contribution in [0.15, 0.2) is 124 Å². The number of allylic oxidation sites excluding steroid dienone is 1. The zero-order chi connectivity index (χ0) is 26.4. The van der Waals surface area contributed by atoms with E-state index >= 15 is 0 Å². The number of hydrogen-bond donors (Lipinski definition) is 0. The largest absolute Gasteiger partial charge is 0.456 e. The molecule has 190 valence electrons. The average Bonchev–Trinajstić information content (AvgIpc) is 3.66. The van der Waals surface area contributed by atoms with Gasteiger partial charge in [0.1, 0.15) is 16.9 Å². The Morgan fingerprint density at radius 2 is 1.32 bits per heavy atom. The van der Waals surface area contributed by atoms with Gasteiger partial charge in [0.15, 0.2) is 5.58 Å². The highest BCUT2D eigenvalue weighted by molar-refractivity contribution is 6.12. The lowest BCUT2D eigenvalue weighted by molar-refractivity contribution is 0.550. The summed E-state index contributed by atoms with van der Waals surface area (Å²) in [4.78, 5) is 0. The van der Waals surface area contributed by atoms with Gasteiger partial charge in [-0.05, 0) is 54.5 Å². The van der Waals surface area contributed by atoms with Crippen molar-refractivity contribution in [1.29, 1.82) is 0 Å². The van der Waals surface area contributed by atoms with Gasteiger partial charge in [0.25, 0.3) is 0 Å². The number of para-hydroxylation sites is 4. The fourth-order valence-corrected chi connectivity index (χ4v) is 6.81. The van der Waals surface area contributed by atoms with Crippen LogP contribution in [0.3, 0.4) is 0 Å². The summed E-state index contributed by atoms with van der Waals surface area (Å²) in [5.74, 6) is 0.982. The third-order valence-corrected chi connectivity index (χ3v) is 8.83. The Morgan fingerprint density at radius 3 is 2.20 bits per heavy atom. The van der Waals surface area contributed by atoms with Gasteiger partial charge >= 0.3 is 0 Å². The van der Waals surface area contributed by atoms with Crippen molar-refractivity contribution in [3.05, 3.63) is 132 Å². The number of hydrogen-bond acceptors (Lipinski definition) is 2. The van der Waals surface area contributed by atoms with Gasteiger partial charge in [-0.3, -0.25) is 0 Å². The van der Waals surface area contributed by atoms with Crippen LogP contribution in [0.2, 0.25) is 0 Å². The van der Waals surface area contributed by atoms with E-state index in [4.69, 9.17) is 8.83 Å². The molecule has 0 radical (unpaired) electrons. The molecular weight excluding hydrogens is 490 g/mol. The molecule has 40 heavy (non-hydrogen) atoms. The number of aromatic nitrogens is 1. The maximum Gasteiger partial charge on any atom is 0.159 e. The molecule has 3 aromatic heterocycles. The maximum atomic E-state index is 6.46. The first-order valence-corrected chi connectivity index (χ1v) is 13.8. The van der Waals surface area contributed by atoms with Crippen molar-refractivity contribution in [2.45, 2.75) is 18.8 Å². The molecule has 9 rings (SSSR count). The molecule has 0 spiro atoms. The Hall–Kier alpha value is -5.02. The van der Waals surface area contributed by atoms with Gasteiger partial charge in [0, 0.05) is 37.9 Å². The molecule has 0 saturated carbocycles. The molecule has 1 aliphatic rings. The van der Waals surface area contributed by atoms with E-state index in [1.165, 1.54) is 38.3 Å². The standard InChI is InChI=1S/C37H25NO2/c1-37(20-19-35-29(22-37)26-11-4-6-15-33(26)39-35)23-17-18-31-28(21-23)24-9-2-5-13-30(24)38(31)32-14-8-12-27-25-10-3-7-16-34(25)40-36(27)32/h2-21H,22H2,1H3/t37-/m1/s1. The van der Waals surface area contributed by atoms with E-state index in [2.05, 4.69) is 115 Å². The summed E-state index contributed by atoms with van der Waals surface area (Å²) in [7, 11) is 0. The Bertz CT molecular complexity index is 2330. The van der Waals surface area contributed by atoms with E-state index < -0.39 is 0 Å². The zero-order valence-electron chi connectivity index (χ0n) is 22.0. The quantitative estimate of drug-likeness (QED) is 0.229. The summed E-state index contributed by atoms with van der Waals surface area (Å²) in [5, 5.41) is 5.98. The first-order valence-electron chi connectivity index (χ1n) is 13.8. The second-order valence-corrected chi connectivity index (χ2v) is 11.2. The van der Waals surface area contributed by atoms with E-state index in [0.717, 1.165) is 45.4 Å². The van der Waals surface area contributed by atoms with Gasteiger partial charge in [-0.15, -0.1) is 0 Å². The van der Waals surface area contributed by atoms with Gasteiger partial charge in [0.2, 0.25) is 0 Å². The predicted octanol–water partition coefficient (Wildman–Crippen LogP) is 9.96. The molecule has 0 saturated heterocycles. The summed E-state index contributed by atoms with van der Waals surface area (Å²) in [6, 6.07) is 38.8. The number of rotatable bonds is 2. The molecule has 8 aromatic rings. The lowest BCUT2D eigenvalue weighted by atomic mass is 9.73. The summed E-state index contributed by atoms with van der Waals surface area (Å²) in [5.41, 5.74) is 8.65. The van der Waals surface area contributed by atoms with Crippen LogP contribution in [0.4, 0.5) is 0 Å². The predicted molar refractivity (Wildman–Crippen MR) is 164 cm³/mol. The van der Waals surface area contributed by atoms with Crippen LogP contribution in [-0.4, -0.2) is 4.57 Å². The number of furan rings is 2. The number of benzene rings is 5. The molecule has 3 heteroatoms. The normalized spacial score (nSPS) is 17.0. The van der Waals surface area contributed by atoms with Crippen molar-refractivity contribution in [3.8, 4) is 5.69 Å². The fraction of sp³-hybridized carbons (Fsp3) is 0.0811. The van der Waals surface area contributed by atoms with E-state index in [0.29, 0.717) is 0 Å². The molecule has 1 aliphatic carbocycles. The molecule has 3 nitrogen and oxygen atoms in total. The van der Waals surface area contributed by atoms with E-state index in [1.807, 2.05) is 18.2 Å². The van der Waals surface area contributed by atoms with Gasteiger partial charge in [-0.25, -0.2) is 0 Å². The van der Waals surface area contributed by atoms with Crippen LogP contribution in [0, 0.1) is 0 Å². The molecule has 3 heterocycles. The zero-order valence-corrected chi connectivity index (χ0v) is 22.0. The third kappa shape index (κ3) is 2.89. The van der Waals surface area contributed by atoms with Crippen LogP contribution >= 0.6 is 0 Å². The molecule has 0 unspecified atom stereocenters. The minimum atomic E-state index is -0.143. The second-order valence-electron chi connectivity index (χ2n) is 11.2. The molecule has 5 aromatic carbocycles. The topological polar surface area (TPSA) is 31.2 Å². The molecule has 0 amide bonds. The van der Waals surface area contributed by atoms with Crippen molar-refractivity contribution in [1.82, 2.24) is 4.57 Å². The van der Waals surface area contributed by atoms with E-state index in [9.17, 15) is 0 Å². The van der Waals surface area contributed by atoms with E-state index in [-0.39, 0.29) is 5.41 Å². The van der Waals surface area contributed by atoms with Gasteiger partial charge < -0.3 is 13.4 Å². The highest BCUT2D eigenvalue weighted by Crippen LogP contribution is 2.43. The average molecular weight is 516 g/mol. The molecule has 0 N–H and O–H groups in total. The Balaban J connectivity index is 1.26. The number of nitrogens with zero attached hydrogens (tertiary/aromatic N) is 1. The van der Waals surface area contributed by atoms with Crippen LogP contribution in [0.1, 0.15) is 23.8 Å². The highest BCUT2D eigenvalue weighted by atomic mass is 16.3.